The normalized spacial score (nSPS) is 23.7. The van der Waals surface area contributed by atoms with Crippen molar-refractivity contribution < 1.29 is 8.78 Å². The highest BCUT2D eigenvalue weighted by molar-refractivity contribution is 9.09. The van der Waals surface area contributed by atoms with Crippen LogP contribution in [0.3, 0.4) is 0 Å². The summed E-state index contributed by atoms with van der Waals surface area (Å²) in [7, 11) is 0. The maximum Gasteiger partial charge on any atom is 0.289 e. The molecule has 0 aliphatic heterocycles. The maximum atomic E-state index is 13.8. The van der Waals surface area contributed by atoms with E-state index in [2.05, 4.69) is 15.9 Å². The predicted molar refractivity (Wildman–Crippen MR) is 61.2 cm³/mol. The Hall–Kier alpha value is -0.960. The fraction of sp³-hybridized carbons (Fsp3) is 0.167. The molecule has 0 heterocycles. The molecule has 1 aromatic rings. The molecule has 0 saturated heterocycles. The zero-order valence-electron chi connectivity index (χ0n) is 7.83. The van der Waals surface area contributed by atoms with Crippen LogP contribution in [0.2, 0.25) is 0 Å². The molecule has 2 rings (SSSR count). The maximum absolute atomic E-state index is 13.8. The van der Waals surface area contributed by atoms with E-state index in [1.54, 1.807) is 30.3 Å². The van der Waals surface area contributed by atoms with E-state index in [4.69, 9.17) is 0 Å². The van der Waals surface area contributed by atoms with E-state index in [9.17, 15) is 8.78 Å². The molecule has 0 fully saturated rings. The Morgan fingerprint density at radius 2 is 1.80 bits per heavy atom. The van der Waals surface area contributed by atoms with Crippen LogP contribution in [0.25, 0.3) is 5.57 Å². The Balaban J connectivity index is 2.45. The molecule has 0 bridgehead atoms. The Labute approximate surface area is 95.4 Å². The van der Waals surface area contributed by atoms with Gasteiger partial charge in [-0.2, -0.15) is 8.78 Å². The standard InChI is InChI=1S/C12H9BrF2/c13-11-8-4-7-10(12(11,14)15)9-5-2-1-3-6-9/h1-8,11H. The molecule has 0 aromatic heterocycles. The summed E-state index contributed by atoms with van der Waals surface area (Å²) in [6, 6.07) is 8.71. The lowest BCUT2D eigenvalue weighted by molar-refractivity contribution is 0.0770. The smallest absolute Gasteiger partial charge is 0.200 e. The first-order chi connectivity index (χ1) is 7.12. The molecule has 0 radical (unpaired) electrons. The lowest BCUT2D eigenvalue weighted by Gasteiger charge is -2.25. The van der Waals surface area contributed by atoms with Gasteiger partial charge in [-0.25, -0.2) is 0 Å². The molecule has 1 atom stereocenters. The first-order valence-corrected chi connectivity index (χ1v) is 5.50. The van der Waals surface area contributed by atoms with Crippen LogP contribution in [-0.4, -0.2) is 10.7 Å². The summed E-state index contributed by atoms with van der Waals surface area (Å²) in [5.74, 6) is -2.85. The highest BCUT2D eigenvalue weighted by Crippen LogP contribution is 2.41. The van der Waals surface area contributed by atoms with E-state index in [1.165, 1.54) is 12.2 Å². The molecule has 1 unspecified atom stereocenters. The van der Waals surface area contributed by atoms with Gasteiger partial charge in [0.1, 0.15) is 4.83 Å². The Kier molecular flexibility index (Phi) is 2.74. The SMILES string of the molecule is FC1(F)C(c2ccccc2)=CC=CC1Br. The molecule has 15 heavy (non-hydrogen) atoms. The van der Waals surface area contributed by atoms with Crippen molar-refractivity contribution in [1.82, 2.24) is 0 Å². The quantitative estimate of drug-likeness (QED) is 0.676. The van der Waals surface area contributed by atoms with Gasteiger partial charge in [-0.3, -0.25) is 0 Å². The van der Waals surface area contributed by atoms with Crippen LogP contribution in [0, 0.1) is 0 Å². The van der Waals surface area contributed by atoms with Crippen LogP contribution in [0.5, 0.6) is 0 Å². The van der Waals surface area contributed by atoms with Gasteiger partial charge in [0.25, 0.3) is 5.92 Å². The lowest BCUT2D eigenvalue weighted by Crippen LogP contribution is -2.30. The molecule has 0 saturated carbocycles. The van der Waals surface area contributed by atoms with Gasteiger partial charge >= 0.3 is 0 Å². The van der Waals surface area contributed by atoms with Gasteiger partial charge in [0.05, 0.1) is 0 Å². The summed E-state index contributed by atoms with van der Waals surface area (Å²) in [5.41, 5.74) is 0.628. The number of hydrogen-bond acceptors (Lipinski definition) is 0. The van der Waals surface area contributed by atoms with Gasteiger partial charge < -0.3 is 0 Å². The van der Waals surface area contributed by atoms with Crippen molar-refractivity contribution in [3.63, 3.8) is 0 Å². The summed E-state index contributed by atoms with van der Waals surface area (Å²) in [6.07, 6.45) is 4.57. The van der Waals surface area contributed by atoms with E-state index in [-0.39, 0.29) is 5.57 Å². The van der Waals surface area contributed by atoms with Crippen LogP contribution in [0.4, 0.5) is 8.78 Å². The molecule has 3 heteroatoms. The number of hydrogen-bond donors (Lipinski definition) is 0. The molecule has 0 spiro atoms. The minimum atomic E-state index is -2.85. The molecule has 1 aliphatic carbocycles. The molecule has 78 valence electrons. The molecule has 0 nitrogen and oxygen atoms in total. The summed E-state index contributed by atoms with van der Waals surface area (Å²) in [6.45, 7) is 0. The number of benzene rings is 1. The number of halogens is 3. The summed E-state index contributed by atoms with van der Waals surface area (Å²) in [4.78, 5) is -0.926. The number of rotatable bonds is 1. The third kappa shape index (κ3) is 1.88. The van der Waals surface area contributed by atoms with Crippen LogP contribution < -0.4 is 0 Å². The van der Waals surface area contributed by atoms with E-state index in [1.807, 2.05) is 6.07 Å². The average Bonchev–Trinajstić information content (AvgIpc) is 2.23. The van der Waals surface area contributed by atoms with Crippen molar-refractivity contribution in [3.8, 4) is 0 Å². The molecular weight excluding hydrogens is 262 g/mol. The third-order valence-electron chi connectivity index (χ3n) is 2.33. The summed E-state index contributed by atoms with van der Waals surface area (Å²) >= 11 is 2.97. The van der Waals surface area contributed by atoms with Gasteiger partial charge in [-0.15, -0.1) is 0 Å². The molecule has 1 aromatic carbocycles. The Morgan fingerprint density at radius 3 is 2.47 bits per heavy atom. The summed E-state index contributed by atoms with van der Waals surface area (Å²) < 4.78 is 27.6. The Bertz CT molecular complexity index is 407. The first kappa shape index (κ1) is 10.6. The van der Waals surface area contributed by atoms with E-state index >= 15 is 0 Å². The zero-order chi connectivity index (χ0) is 10.9. The molecule has 1 aliphatic rings. The van der Waals surface area contributed by atoms with Crippen molar-refractivity contribution >= 4 is 21.5 Å². The van der Waals surface area contributed by atoms with Gasteiger partial charge in [0.15, 0.2) is 0 Å². The van der Waals surface area contributed by atoms with Crippen molar-refractivity contribution in [1.29, 1.82) is 0 Å². The van der Waals surface area contributed by atoms with Crippen molar-refractivity contribution in [3.05, 3.63) is 54.1 Å². The predicted octanol–water partition coefficient (Wildman–Crippen LogP) is 4.04. The van der Waals surface area contributed by atoms with Crippen molar-refractivity contribution in [2.75, 3.05) is 0 Å². The van der Waals surface area contributed by atoms with Crippen LogP contribution >= 0.6 is 15.9 Å². The fourth-order valence-electron chi connectivity index (χ4n) is 1.54. The summed E-state index contributed by atoms with van der Waals surface area (Å²) in [5, 5.41) is 0. The number of alkyl halides is 3. The van der Waals surface area contributed by atoms with Gasteiger partial charge in [-0.1, -0.05) is 64.5 Å². The largest absolute Gasteiger partial charge is 0.289 e. The second kappa shape index (κ2) is 3.89. The lowest BCUT2D eigenvalue weighted by atomic mass is 9.94. The molecular formula is C12H9BrF2. The topological polar surface area (TPSA) is 0 Å². The third-order valence-corrected chi connectivity index (χ3v) is 3.21. The van der Waals surface area contributed by atoms with Crippen LogP contribution in [-0.2, 0) is 0 Å². The second-order valence-corrected chi connectivity index (χ2v) is 4.34. The highest BCUT2D eigenvalue weighted by Gasteiger charge is 2.42. The van der Waals surface area contributed by atoms with E-state index in [0.717, 1.165) is 0 Å². The highest BCUT2D eigenvalue weighted by atomic mass is 79.9. The van der Waals surface area contributed by atoms with Crippen molar-refractivity contribution in [2.45, 2.75) is 10.7 Å². The number of allylic oxidation sites excluding steroid dienone is 4. The average molecular weight is 271 g/mol. The fourth-order valence-corrected chi connectivity index (χ4v) is 1.96. The molecule has 0 N–H and O–H groups in total. The van der Waals surface area contributed by atoms with Crippen molar-refractivity contribution in [2.24, 2.45) is 0 Å². The monoisotopic (exact) mass is 270 g/mol. The van der Waals surface area contributed by atoms with Gasteiger partial charge in [0, 0.05) is 5.57 Å². The van der Waals surface area contributed by atoms with E-state index < -0.39 is 10.7 Å². The van der Waals surface area contributed by atoms with Gasteiger partial charge in [0.2, 0.25) is 0 Å². The second-order valence-electron chi connectivity index (χ2n) is 3.36. The van der Waals surface area contributed by atoms with Crippen LogP contribution in [0.1, 0.15) is 5.56 Å². The first-order valence-electron chi connectivity index (χ1n) is 4.58. The minimum absolute atomic E-state index is 0.0625. The van der Waals surface area contributed by atoms with Crippen LogP contribution in [0.15, 0.2) is 48.6 Å². The van der Waals surface area contributed by atoms with Gasteiger partial charge in [-0.05, 0) is 5.56 Å². The molecule has 0 amide bonds. The van der Waals surface area contributed by atoms with E-state index in [0.29, 0.717) is 5.56 Å². The zero-order valence-corrected chi connectivity index (χ0v) is 9.42. The Morgan fingerprint density at radius 1 is 1.13 bits per heavy atom. The minimum Gasteiger partial charge on any atom is -0.200 e.